The van der Waals surface area contributed by atoms with Gasteiger partial charge < -0.3 is 0 Å². The molecule has 0 atom stereocenters. The molecule has 0 amide bonds. The summed E-state index contributed by atoms with van der Waals surface area (Å²) < 4.78 is 0. The van der Waals surface area contributed by atoms with Crippen molar-refractivity contribution in [1.29, 1.82) is 5.26 Å². The summed E-state index contributed by atoms with van der Waals surface area (Å²) in [5, 5.41) is 9.37. The number of anilines is 1. The topological polar surface area (TPSA) is 64.0 Å². The van der Waals surface area contributed by atoms with E-state index in [1.54, 1.807) is 0 Å². The number of aromatic amines is 1. The van der Waals surface area contributed by atoms with Crippen LogP contribution in [0.2, 0.25) is 0 Å². The molecule has 0 spiro atoms. The van der Waals surface area contributed by atoms with Crippen molar-refractivity contribution in [3.05, 3.63) is 72.3 Å². The highest BCUT2D eigenvalue weighted by molar-refractivity contribution is 5.77. The first kappa shape index (κ1) is 12.9. The molecule has 100 valence electrons. The molecule has 0 saturated carbocycles. The molecule has 0 saturated heterocycles. The molecule has 21 heavy (non-hydrogen) atoms. The van der Waals surface area contributed by atoms with E-state index in [4.69, 9.17) is 5.73 Å². The van der Waals surface area contributed by atoms with Gasteiger partial charge in [-0.1, -0.05) is 60.7 Å². The molecule has 0 aliphatic carbocycles. The number of rotatable bonds is 2. The van der Waals surface area contributed by atoms with Crippen molar-refractivity contribution < 1.29 is 4.98 Å². The predicted molar refractivity (Wildman–Crippen MR) is 83.0 cm³/mol. The van der Waals surface area contributed by atoms with E-state index in [0.29, 0.717) is 11.4 Å². The predicted octanol–water partition coefficient (Wildman–Crippen LogP) is 3.29. The number of nitrogens with one attached hydrogen (secondary N) is 1. The van der Waals surface area contributed by atoms with Gasteiger partial charge in [0.2, 0.25) is 0 Å². The van der Waals surface area contributed by atoms with Crippen molar-refractivity contribution in [2.75, 3.05) is 5.73 Å². The monoisotopic (exact) mass is 272 g/mol. The Bertz CT molecular complexity index is 803. The Kier molecular flexibility index (Phi) is 3.36. The Hall–Kier alpha value is -3.12. The number of nitrogen functional groups attached to an aromatic ring is 1. The van der Waals surface area contributed by atoms with Crippen molar-refractivity contribution in [3.63, 3.8) is 0 Å². The Morgan fingerprint density at radius 3 is 2.00 bits per heavy atom. The summed E-state index contributed by atoms with van der Waals surface area (Å²) in [6, 6.07) is 23.9. The van der Waals surface area contributed by atoms with E-state index in [9.17, 15) is 5.26 Å². The van der Waals surface area contributed by atoms with Crippen LogP contribution in [0.5, 0.6) is 0 Å². The normalized spacial score (nSPS) is 10.0. The number of nitriles is 1. The standard InChI is InChI=1S/C18H13N3/c19-12-16-15(13-7-3-1-4-8-13)11-17(21-18(16)20)14-9-5-2-6-10-14/h1-11H,(H2,20,21)/p+1. The smallest absolute Gasteiger partial charge is 0.286 e. The van der Waals surface area contributed by atoms with Crippen molar-refractivity contribution >= 4 is 5.82 Å². The van der Waals surface area contributed by atoms with E-state index in [0.717, 1.165) is 22.4 Å². The summed E-state index contributed by atoms with van der Waals surface area (Å²) >= 11 is 0. The van der Waals surface area contributed by atoms with Crippen LogP contribution in [0.4, 0.5) is 5.82 Å². The molecule has 0 fully saturated rings. The zero-order valence-corrected chi connectivity index (χ0v) is 11.4. The average molecular weight is 272 g/mol. The molecule has 3 heteroatoms. The first-order chi connectivity index (χ1) is 10.3. The van der Waals surface area contributed by atoms with Gasteiger partial charge in [0.15, 0.2) is 0 Å². The lowest BCUT2D eigenvalue weighted by atomic mass is 9.98. The van der Waals surface area contributed by atoms with Crippen molar-refractivity contribution in [1.82, 2.24) is 0 Å². The van der Waals surface area contributed by atoms with Crippen LogP contribution in [-0.4, -0.2) is 0 Å². The lowest BCUT2D eigenvalue weighted by Gasteiger charge is -2.07. The van der Waals surface area contributed by atoms with Gasteiger partial charge in [-0.25, -0.2) is 4.98 Å². The van der Waals surface area contributed by atoms with Crippen LogP contribution in [0.1, 0.15) is 5.56 Å². The van der Waals surface area contributed by atoms with E-state index < -0.39 is 0 Å². The van der Waals surface area contributed by atoms with Crippen LogP contribution >= 0.6 is 0 Å². The molecule has 3 nitrogen and oxygen atoms in total. The maximum atomic E-state index is 9.37. The fourth-order valence-electron chi connectivity index (χ4n) is 2.34. The minimum Gasteiger partial charge on any atom is -0.286 e. The SMILES string of the molecule is N#Cc1c(-c2ccccc2)cc(-c2ccccc2)[nH+]c1N. The van der Waals surface area contributed by atoms with Crippen LogP contribution in [0.25, 0.3) is 22.4 Å². The van der Waals surface area contributed by atoms with E-state index in [2.05, 4.69) is 11.1 Å². The lowest BCUT2D eigenvalue weighted by Crippen LogP contribution is -2.16. The van der Waals surface area contributed by atoms with Gasteiger partial charge in [0.05, 0.1) is 0 Å². The van der Waals surface area contributed by atoms with Gasteiger partial charge in [-0.2, -0.15) is 5.26 Å². The van der Waals surface area contributed by atoms with E-state index in [-0.39, 0.29) is 0 Å². The van der Waals surface area contributed by atoms with Gasteiger partial charge in [-0.3, -0.25) is 5.73 Å². The maximum Gasteiger partial charge on any atom is 0.289 e. The van der Waals surface area contributed by atoms with Crippen molar-refractivity contribution in [2.24, 2.45) is 0 Å². The third kappa shape index (κ3) is 2.47. The quantitative estimate of drug-likeness (QED) is 0.778. The molecular formula is C18H14N3+. The minimum absolute atomic E-state index is 0.387. The Morgan fingerprint density at radius 1 is 0.857 bits per heavy atom. The second kappa shape index (κ2) is 5.48. The molecule has 2 aromatic carbocycles. The second-order valence-electron chi connectivity index (χ2n) is 4.73. The maximum absolute atomic E-state index is 9.37. The summed E-state index contributed by atoms with van der Waals surface area (Å²) in [5.74, 6) is 0.387. The van der Waals surface area contributed by atoms with Crippen LogP contribution in [0.3, 0.4) is 0 Å². The summed E-state index contributed by atoms with van der Waals surface area (Å²) in [5.41, 5.74) is 10.2. The molecule has 1 heterocycles. The number of pyridine rings is 1. The van der Waals surface area contributed by atoms with Gasteiger partial charge >= 0.3 is 0 Å². The lowest BCUT2D eigenvalue weighted by molar-refractivity contribution is -0.346. The Morgan fingerprint density at radius 2 is 1.43 bits per heavy atom. The number of nitrogens with zero attached hydrogens (tertiary/aromatic N) is 1. The summed E-state index contributed by atoms with van der Waals surface area (Å²) in [6.45, 7) is 0. The largest absolute Gasteiger partial charge is 0.289 e. The molecule has 1 aromatic heterocycles. The number of hydrogen-bond acceptors (Lipinski definition) is 2. The number of aromatic nitrogens is 1. The molecule has 0 radical (unpaired) electrons. The molecule has 0 aliphatic heterocycles. The Balaban J connectivity index is 2.24. The third-order valence-electron chi connectivity index (χ3n) is 3.38. The zero-order valence-electron chi connectivity index (χ0n) is 11.4. The van der Waals surface area contributed by atoms with Crippen molar-refractivity contribution in [3.8, 4) is 28.5 Å². The molecular weight excluding hydrogens is 258 g/mol. The number of H-pyrrole nitrogens is 1. The molecule has 3 aromatic rings. The fourth-order valence-corrected chi connectivity index (χ4v) is 2.34. The van der Waals surface area contributed by atoms with E-state index in [1.165, 1.54) is 0 Å². The highest BCUT2D eigenvalue weighted by Gasteiger charge is 2.16. The van der Waals surface area contributed by atoms with Gasteiger partial charge in [0.1, 0.15) is 17.3 Å². The highest BCUT2D eigenvalue weighted by atomic mass is 14.8. The first-order valence-electron chi connectivity index (χ1n) is 6.66. The van der Waals surface area contributed by atoms with Gasteiger partial charge in [0, 0.05) is 11.1 Å². The van der Waals surface area contributed by atoms with Crippen molar-refractivity contribution in [2.45, 2.75) is 0 Å². The third-order valence-corrected chi connectivity index (χ3v) is 3.38. The minimum atomic E-state index is 0.387. The summed E-state index contributed by atoms with van der Waals surface area (Å²) in [4.78, 5) is 3.11. The zero-order chi connectivity index (χ0) is 14.7. The summed E-state index contributed by atoms with van der Waals surface area (Å²) in [7, 11) is 0. The van der Waals surface area contributed by atoms with E-state index >= 15 is 0 Å². The molecule has 0 bridgehead atoms. The Labute approximate surface area is 123 Å². The van der Waals surface area contributed by atoms with Crippen LogP contribution in [0.15, 0.2) is 66.7 Å². The summed E-state index contributed by atoms with van der Waals surface area (Å²) in [6.07, 6.45) is 0. The average Bonchev–Trinajstić information content (AvgIpc) is 2.55. The first-order valence-corrected chi connectivity index (χ1v) is 6.66. The second-order valence-corrected chi connectivity index (χ2v) is 4.73. The molecule has 3 N–H and O–H groups in total. The number of benzene rings is 2. The molecule has 0 unspecified atom stereocenters. The van der Waals surface area contributed by atoms with Crippen LogP contribution < -0.4 is 10.7 Å². The number of hydrogen-bond donors (Lipinski definition) is 1. The van der Waals surface area contributed by atoms with Gasteiger partial charge in [-0.05, 0) is 11.6 Å². The van der Waals surface area contributed by atoms with Gasteiger partial charge in [-0.15, -0.1) is 0 Å². The van der Waals surface area contributed by atoms with E-state index in [1.807, 2.05) is 66.7 Å². The highest BCUT2D eigenvalue weighted by Crippen LogP contribution is 2.28. The molecule has 0 aliphatic rings. The fraction of sp³-hybridized carbons (Fsp3) is 0. The molecule has 3 rings (SSSR count). The number of nitrogens with two attached hydrogens (primary N) is 1. The van der Waals surface area contributed by atoms with Crippen LogP contribution in [0, 0.1) is 11.3 Å². The van der Waals surface area contributed by atoms with Gasteiger partial charge in [0.25, 0.3) is 5.82 Å². The van der Waals surface area contributed by atoms with Crippen LogP contribution in [-0.2, 0) is 0 Å².